The van der Waals surface area contributed by atoms with Crippen molar-refractivity contribution in [3.05, 3.63) is 59.7 Å². The highest BCUT2D eigenvalue weighted by Crippen LogP contribution is 2.18. The van der Waals surface area contributed by atoms with Crippen LogP contribution in [0.15, 0.2) is 58.6 Å². The fraction of sp³-hybridized carbons (Fsp3) is 0.133. The number of rotatable bonds is 4. The molecule has 6 heteroatoms. The van der Waals surface area contributed by atoms with Crippen LogP contribution < -0.4 is 4.72 Å². The molecule has 0 aliphatic heterocycles. The highest BCUT2D eigenvalue weighted by Gasteiger charge is 2.14. The number of benzene rings is 2. The molecule has 0 bridgehead atoms. The molecule has 0 spiro atoms. The molecule has 5 nitrogen and oxygen atoms in total. The van der Waals surface area contributed by atoms with Crippen LogP contribution in [0.25, 0.3) is 0 Å². The van der Waals surface area contributed by atoms with Crippen LogP contribution in [-0.4, -0.2) is 19.3 Å². The quantitative estimate of drug-likeness (QED) is 0.518. The van der Waals surface area contributed by atoms with Crippen molar-refractivity contribution >= 4 is 21.4 Å². The molecule has 0 fully saturated rings. The van der Waals surface area contributed by atoms with Crippen LogP contribution in [0.2, 0.25) is 0 Å². The maximum atomic E-state index is 12.3. The largest absolute Gasteiger partial charge is 0.411 e. The predicted octanol–water partition coefficient (Wildman–Crippen LogP) is 2.99. The summed E-state index contributed by atoms with van der Waals surface area (Å²) in [6.45, 7) is 3.53. The number of aryl methyl sites for hydroxylation is 1. The van der Waals surface area contributed by atoms with Gasteiger partial charge in [-0.05, 0) is 38.1 Å². The first-order valence-corrected chi connectivity index (χ1v) is 7.79. The zero-order valence-electron chi connectivity index (χ0n) is 11.7. The number of anilines is 1. The fourth-order valence-electron chi connectivity index (χ4n) is 1.80. The number of sulfonamides is 1. The predicted molar refractivity (Wildman–Crippen MR) is 82.4 cm³/mol. The number of oxime groups is 1. The monoisotopic (exact) mass is 304 g/mol. The lowest BCUT2D eigenvalue weighted by atomic mass is 10.1. The molecule has 2 aromatic carbocycles. The van der Waals surface area contributed by atoms with Gasteiger partial charge in [0.25, 0.3) is 10.0 Å². The molecule has 2 aromatic rings. The summed E-state index contributed by atoms with van der Waals surface area (Å²) < 4.78 is 27.1. The second-order valence-electron chi connectivity index (χ2n) is 4.68. The lowest BCUT2D eigenvalue weighted by Gasteiger charge is -2.09. The van der Waals surface area contributed by atoms with Crippen LogP contribution in [-0.2, 0) is 10.0 Å². The molecular weight excluding hydrogens is 288 g/mol. The van der Waals surface area contributed by atoms with Crippen molar-refractivity contribution in [3.8, 4) is 0 Å². The van der Waals surface area contributed by atoms with E-state index in [1.807, 2.05) is 6.92 Å². The molecule has 0 heterocycles. The van der Waals surface area contributed by atoms with Crippen molar-refractivity contribution < 1.29 is 13.6 Å². The molecule has 2 N–H and O–H groups in total. The zero-order valence-corrected chi connectivity index (χ0v) is 12.6. The van der Waals surface area contributed by atoms with Crippen molar-refractivity contribution in [2.45, 2.75) is 18.7 Å². The van der Waals surface area contributed by atoms with Crippen molar-refractivity contribution in [2.24, 2.45) is 5.16 Å². The first-order valence-electron chi connectivity index (χ1n) is 6.31. The summed E-state index contributed by atoms with van der Waals surface area (Å²) in [7, 11) is -3.63. The third-order valence-electron chi connectivity index (χ3n) is 3.01. The van der Waals surface area contributed by atoms with Gasteiger partial charge in [-0.2, -0.15) is 0 Å². The summed E-state index contributed by atoms with van der Waals surface area (Å²) in [4.78, 5) is 0.200. The van der Waals surface area contributed by atoms with Gasteiger partial charge in [-0.25, -0.2) is 8.42 Å². The average Bonchev–Trinajstić information content (AvgIpc) is 2.46. The van der Waals surface area contributed by atoms with Crippen molar-refractivity contribution in [3.63, 3.8) is 0 Å². The Hall–Kier alpha value is -2.34. The van der Waals surface area contributed by atoms with Gasteiger partial charge in [0, 0.05) is 11.3 Å². The molecule has 0 unspecified atom stereocenters. The molecule has 0 aliphatic carbocycles. The van der Waals surface area contributed by atoms with Gasteiger partial charge >= 0.3 is 0 Å². The lowest BCUT2D eigenvalue weighted by Crippen LogP contribution is -2.13. The lowest BCUT2D eigenvalue weighted by molar-refractivity contribution is 0.319. The zero-order chi connectivity index (χ0) is 15.5. The Morgan fingerprint density at radius 1 is 1.14 bits per heavy atom. The van der Waals surface area contributed by atoms with Gasteiger partial charge < -0.3 is 5.21 Å². The van der Waals surface area contributed by atoms with E-state index < -0.39 is 10.0 Å². The Morgan fingerprint density at radius 2 is 1.81 bits per heavy atom. The van der Waals surface area contributed by atoms with Gasteiger partial charge in [-0.1, -0.05) is 35.0 Å². The standard InChI is InChI=1S/C15H16N2O3S/c1-11-6-8-15(9-7-11)21(19,20)17-14-5-3-4-13(10-14)12(2)16-18/h3-10,17-18H,1-2H3/b16-12-. The summed E-state index contributed by atoms with van der Waals surface area (Å²) in [6.07, 6.45) is 0. The Morgan fingerprint density at radius 3 is 2.43 bits per heavy atom. The minimum absolute atomic E-state index is 0.200. The molecule has 0 aliphatic rings. The number of nitrogens with one attached hydrogen (secondary N) is 1. The van der Waals surface area contributed by atoms with Gasteiger partial charge in [0.1, 0.15) is 0 Å². The maximum Gasteiger partial charge on any atom is 0.261 e. The normalized spacial score (nSPS) is 12.2. The molecule has 0 atom stereocenters. The van der Waals surface area contributed by atoms with E-state index in [1.54, 1.807) is 55.5 Å². The number of hydrogen-bond acceptors (Lipinski definition) is 4. The van der Waals surface area contributed by atoms with E-state index >= 15 is 0 Å². The molecule has 0 saturated heterocycles. The summed E-state index contributed by atoms with van der Waals surface area (Å²) >= 11 is 0. The first-order chi connectivity index (χ1) is 9.92. The van der Waals surface area contributed by atoms with Gasteiger partial charge in [-0.15, -0.1) is 0 Å². The van der Waals surface area contributed by atoms with Gasteiger partial charge in [-0.3, -0.25) is 4.72 Å². The molecule has 110 valence electrons. The van der Waals surface area contributed by atoms with Crippen LogP contribution in [0.5, 0.6) is 0 Å². The summed E-state index contributed by atoms with van der Waals surface area (Å²) in [5.41, 5.74) is 2.45. The minimum atomic E-state index is -3.63. The van der Waals surface area contributed by atoms with E-state index in [1.165, 1.54) is 0 Å². The molecule has 21 heavy (non-hydrogen) atoms. The number of nitrogens with zero attached hydrogens (tertiary/aromatic N) is 1. The SMILES string of the molecule is C/C(=N/O)c1cccc(NS(=O)(=O)c2ccc(C)cc2)c1. The summed E-state index contributed by atoms with van der Waals surface area (Å²) in [5.74, 6) is 0. The average molecular weight is 304 g/mol. The van der Waals surface area contributed by atoms with Crippen molar-refractivity contribution in [1.82, 2.24) is 0 Å². The van der Waals surface area contributed by atoms with Crippen LogP contribution in [0.4, 0.5) is 5.69 Å². The Kier molecular flexibility index (Phi) is 4.28. The van der Waals surface area contributed by atoms with E-state index in [9.17, 15) is 8.42 Å². The van der Waals surface area contributed by atoms with Crippen LogP contribution in [0.3, 0.4) is 0 Å². The fourth-order valence-corrected chi connectivity index (χ4v) is 2.85. The van der Waals surface area contributed by atoms with Gasteiger partial charge in [0.05, 0.1) is 10.6 Å². The van der Waals surface area contributed by atoms with E-state index in [0.717, 1.165) is 5.56 Å². The highest BCUT2D eigenvalue weighted by molar-refractivity contribution is 7.92. The summed E-state index contributed by atoms with van der Waals surface area (Å²) in [6, 6.07) is 13.3. The molecule has 2 rings (SSSR count). The van der Waals surface area contributed by atoms with Gasteiger partial charge in [0.15, 0.2) is 0 Å². The molecule has 0 radical (unpaired) electrons. The van der Waals surface area contributed by atoms with Crippen molar-refractivity contribution in [2.75, 3.05) is 4.72 Å². The van der Waals surface area contributed by atoms with E-state index in [2.05, 4.69) is 9.88 Å². The maximum absolute atomic E-state index is 12.3. The molecule has 0 saturated carbocycles. The highest BCUT2D eigenvalue weighted by atomic mass is 32.2. The molecule has 0 aromatic heterocycles. The van der Waals surface area contributed by atoms with Crippen LogP contribution in [0.1, 0.15) is 18.1 Å². The second kappa shape index (κ2) is 5.97. The van der Waals surface area contributed by atoms with Crippen LogP contribution in [0, 0.1) is 6.92 Å². The topological polar surface area (TPSA) is 78.8 Å². The van der Waals surface area contributed by atoms with E-state index in [0.29, 0.717) is 17.0 Å². The van der Waals surface area contributed by atoms with E-state index in [4.69, 9.17) is 5.21 Å². The smallest absolute Gasteiger partial charge is 0.261 e. The molecular formula is C15H16N2O3S. The second-order valence-corrected chi connectivity index (χ2v) is 6.37. The Bertz CT molecular complexity index is 766. The van der Waals surface area contributed by atoms with Crippen molar-refractivity contribution in [1.29, 1.82) is 0 Å². The summed E-state index contributed by atoms with van der Waals surface area (Å²) in [5, 5.41) is 11.9. The third-order valence-corrected chi connectivity index (χ3v) is 4.41. The van der Waals surface area contributed by atoms with Crippen LogP contribution >= 0.6 is 0 Å². The van der Waals surface area contributed by atoms with Gasteiger partial charge in [0.2, 0.25) is 0 Å². The molecule has 0 amide bonds. The van der Waals surface area contributed by atoms with E-state index in [-0.39, 0.29) is 4.90 Å². The minimum Gasteiger partial charge on any atom is -0.411 e. The Labute approximate surface area is 124 Å². The number of hydrogen-bond donors (Lipinski definition) is 2. The third kappa shape index (κ3) is 3.61. The first kappa shape index (κ1) is 15.1. The Balaban J connectivity index is 2.31.